The molecule has 0 radical (unpaired) electrons. The average molecular weight is 558 g/mol. The number of alkyl halides is 5. The lowest BCUT2D eigenvalue weighted by molar-refractivity contribution is -0.176. The fourth-order valence-corrected chi connectivity index (χ4v) is 4.44. The molecular formula is C22H32ClF4N5O5. The predicted octanol–water partition coefficient (Wildman–Crippen LogP) is 1.24. The molecule has 0 bridgehead atoms. The number of likely N-dealkylation sites (tertiary alicyclic amines) is 1. The van der Waals surface area contributed by atoms with Gasteiger partial charge in [-0.15, -0.1) is 0 Å². The van der Waals surface area contributed by atoms with E-state index in [1.54, 1.807) is 19.2 Å². The number of rotatable bonds is 6. The van der Waals surface area contributed by atoms with Crippen LogP contribution < -0.4 is 16.1 Å². The third kappa shape index (κ3) is 7.68. The molecule has 4 atom stereocenters. The van der Waals surface area contributed by atoms with Crippen LogP contribution in [0, 0.1) is 16.7 Å². The van der Waals surface area contributed by atoms with Crippen LogP contribution in [-0.4, -0.2) is 83.0 Å². The summed E-state index contributed by atoms with van der Waals surface area (Å²) < 4.78 is 52.5. The van der Waals surface area contributed by atoms with Crippen LogP contribution in [0.4, 0.5) is 17.6 Å². The molecule has 210 valence electrons. The first-order valence-corrected chi connectivity index (χ1v) is 12.0. The van der Waals surface area contributed by atoms with Crippen molar-refractivity contribution in [1.29, 1.82) is 0 Å². The molecule has 37 heavy (non-hydrogen) atoms. The van der Waals surface area contributed by atoms with E-state index in [2.05, 4.69) is 10.7 Å². The number of hydrogen-bond acceptors (Lipinski definition) is 5. The molecule has 2 rings (SSSR count). The van der Waals surface area contributed by atoms with E-state index >= 15 is 0 Å². The fourth-order valence-electron chi connectivity index (χ4n) is 4.32. The highest BCUT2D eigenvalue weighted by Crippen LogP contribution is 2.36. The first-order valence-electron chi connectivity index (χ1n) is 11.6. The molecule has 2 aliphatic rings. The maximum absolute atomic E-state index is 13.7. The Morgan fingerprint density at radius 1 is 1.22 bits per heavy atom. The first-order chi connectivity index (χ1) is 16.7. The Kier molecular flexibility index (Phi) is 9.09. The van der Waals surface area contributed by atoms with Gasteiger partial charge in [0.2, 0.25) is 11.8 Å². The largest absolute Gasteiger partial charge is 0.471 e. The van der Waals surface area contributed by atoms with Crippen LogP contribution in [0.5, 0.6) is 0 Å². The van der Waals surface area contributed by atoms with Crippen LogP contribution in [-0.2, 0) is 24.0 Å². The summed E-state index contributed by atoms with van der Waals surface area (Å²) in [6.07, 6.45) is -4.85. The molecular weight excluding hydrogens is 526 g/mol. The maximum atomic E-state index is 13.7. The number of nitrogens with one attached hydrogen (secondary N) is 3. The smallest absolute Gasteiger partial charge is 0.356 e. The lowest BCUT2D eigenvalue weighted by Gasteiger charge is -2.36. The van der Waals surface area contributed by atoms with E-state index < -0.39 is 70.2 Å². The Hall–Kier alpha value is -2.64. The quantitative estimate of drug-likeness (QED) is 0.257. The lowest BCUT2D eigenvalue weighted by Crippen LogP contribution is -2.61. The topological polar surface area (TPSA) is 128 Å². The van der Waals surface area contributed by atoms with Gasteiger partial charge in [-0.1, -0.05) is 46.2 Å². The van der Waals surface area contributed by atoms with Crippen molar-refractivity contribution in [3.05, 3.63) is 0 Å². The van der Waals surface area contributed by atoms with Gasteiger partial charge in [-0.3, -0.25) is 29.4 Å². The highest BCUT2D eigenvalue weighted by molar-refractivity contribution is 6.29. The molecule has 2 fully saturated rings. The minimum Gasteiger partial charge on any atom is -0.356 e. The summed E-state index contributed by atoms with van der Waals surface area (Å²) in [5.74, 6) is -6.61. The SMILES string of the molecule is CC1(C)C[C@@H](C(=O)NN(C[C@@H]2CCNC2=O)C(=O)C(F)Cl)N(C(=O)C(NC(=O)C(F)(F)F)C(C)(C)C)C1. The summed E-state index contributed by atoms with van der Waals surface area (Å²) in [6.45, 7) is 7.73. The molecule has 15 heteroatoms. The summed E-state index contributed by atoms with van der Waals surface area (Å²) in [7, 11) is 0. The molecule has 2 heterocycles. The van der Waals surface area contributed by atoms with E-state index in [1.807, 2.05) is 0 Å². The Morgan fingerprint density at radius 2 is 1.81 bits per heavy atom. The van der Waals surface area contributed by atoms with Gasteiger partial charge in [0.05, 0.1) is 12.5 Å². The maximum Gasteiger partial charge on any atom is 0.471 e. The summed E-state index contributed by atoms with van der Waals surface area (Å²) in [5.41, 5.74) is -2.12. The Balaban J connectivity index is 2.32. The number of halogens is 5. The van der Waals surface area contributed by atoms with Crippen LogP contribution in [0.1, 0.15) is 47.5 Å². The first kappa shape index (κ1) is 30.6. The number of hydrazine groups is 1. The van der Waals surface area contributed by atoms with Crippen molar-refractivity contribution >= 4 is 41.1 Å². The third-order valence-electron chi connectivity index (χ3n) is 6.22. The summed E-state index contributed by atoms with van der Waals surface area (Å²) >= 11 is 5.28. The van der Waals surface area contributed by atoms with Crippen LogP contribution in [0.3, 0.4) is 0 Å². The highest BCUT2D eigenvalue weighted by atomic mass is 35.5. The van der Waals surface area contributed by atoms with Crippen molar-refractivity contribution in [3.63, 3.8) is 0 Å². The van der Waals surface area contributed by atoms with E-state index in [-0.39, 0.29) is 19.5 Å². The van der Waals surface area contributed by atoms with Crippen LogP contribution >= 0.6 is 11.6 Å². The van der Waals surface area contributed by atoms with Gasteiger partial charge < -0.3 is 15.5 Å². The molecule has 10 nitrogen and oxygen atoms in total. The molecule has 0 spiro atoms. The zero-order valence-electron chi connectivity index (χ0n) is 21.2. The molecule has 0 aromatic rings. The Morgan fingerprint density at radius 3 is 2.27 bits per heavy atom. The normalized spacial score (nSPS) is 23.2. The minimum absolute atomic E-state index is 0.0430. The molecule has 2 unspecified atom stereocenters. The van der Waals surface area contributed by atoms with Crippen LogP contribution in [0.2, 0.25) is 0 Å². The fraction of sp³-hybridized carbons (Fsp3) is 0.773. The monoisotopic (exact) mass is 557 g/mol. The third-order valence-corrected chi connectivity index (χ3v) is 6.40. The van der Waals surface area contributed by atoms with Crippen molar-refractivity contribution in [2.24, 2.45) is 16.7 Å². The lowest BCUT2D eigenvalue weighted by atomic mass is 9.85. The molecule has 3 N–H and O–H groups in total. The van der Waals surface area contributed by atoms with E-state index in [0.29, 0.717) is 18.0 Å². The van der Waals surface area contributed by atoms with Crippen LogP contribution in [0.25, 0.3) is 0 Å². The van der Waals surface area contributed by atoms with Gasteiger partial charge in [0.25, 0.3) is 17.4 Å². The van der Waals surface area contributed by atoms with Crippen molar-refractivity contribution in [2.75, 3.05) is 19.6 Å². The molecule has 0 saturated carbocycles. The van der Waals surface area contributed by atoms with Gasteiger partial charge in [-0.25, -0.2) is 9.40 Å². The Labute approximate surface area is 216 Å². The summed E-state index contributed by atoms with van der Waals surface area (Å²) in [4.78, 5) is 63.7. The van der Waals surface area contributed by atoms with Crippen LogP contribution in [0.15, 0.2) is 0 Å². The van der Waals surface area contributed by atoms with Crippen molar-refractivity contribution in [2.45, 2.75) is 71.4 Å². The number of carbonyl (C=O) groups is 5. The number of nitrogens with zero attached hydrogens (tertiary/aromatic N) is 2. The predicted molar refractivity (Wildman–Crippen MR) is 123 cm³/mol. The van der Waals surface area contributed by atoms with Crippen molar-refractivity contribution in [3.8, 4) is 0 Å². The van der Waals surface area contributed by atoms with E-state index in [0.717, 1.165) is 4.90 Å². The number of hydrogen-bond donors (Lipinski definition) is 3. The van der Waals surface area contributed by atoms with E-state index in [1.165, 1.54) is 20.8 Å². The molecule has 2 saturated heterocycles. The molecule has 0 aliphatic carbocycles. The van der Waals surface area contributed by atoms with Gasteiger partial charge in [-0.2, -0.15) is 13.2 Å². The number of amides is 5. The van der Waals surface area contributed by atoms with E-state index in [4.69, 9.17) is 11.6 Å². The average Bonchev–Trinajstić information content (AvgIpc) is 3.30. The zero-order valence-corrected chi connectivity index (χ0v) is 21.9. The Bertz CT molecular complexity index is 937. The zero-order chi connectivity index (χ0) is 28.5. The second-order valence-corrected chi connectivity index (χ2v) is 11.5. The van der Waals surface area contributed by atoms with Gasteiger partial charge in [-0.05, 0) is 23.7 Å². The van der Waals surface area contributed by atoms with Gasteiger partial charge in [0.1, 0.15) is 12.1 Å². The molecule has 5 amide bonds. The second kappa shape index (κ2) is 11.0. The summed E-state index contributed by atoms with van der Waals surface area (Å²) in [6, 6.07) is -2.90. The summed E-state index contributed by atoms with van der Waals surface area (Å²) in [5, 5.41) is 4.86. The second-order valence-electron chi connectivity index (χ2n) is 11.1. The van der Waals surface area contributed by atoms with Gasteiger partial charge in [0.15, 0.2) is 0 Å². The number of carbonyl (C=O) groups excluding carboxylic acids is 5. The molecule has 0 aromatic heterocycles. The molecule has 2 aliphatic heterocycles. The van der Waals surface area contributed by atoms with Crippen molar-refractivity contribution < 1.29 is 41.5 Å². The van der Waals surface area contributed by atoms with Crippen molar-refractivity contribution in [1.82, 2.24) is 26.0 Å². The minimum atomic E-state index is -5.23. The van der Waals surface area contributed by atoms with E-state index in [9.17, 15) is 41.5 Å². The standard InChI is InChI=1S/C22H32ClF4N5O5/c1-20(2,3)13(29-19(37)22(25,26)27)17(35)31-10-21(4,5)8-12(31)16(34)30-32(18(36)14(23)24)9-11-6-7-28-15(11)33/h11-14H,6-10H2,1-5H3,(H,28,33)(H,29,37)(H,30,34)/t11-,12-,13?,14?/m0/s1. The van der Waals surface area contributed by atoms with Gasteiger partial charge >= 0.3 is 12.1 Å². The highest BCUT2D eigenvalue weighted by Gasteiger charge is 2.50. The molecule has 0 aromatic carbocycles. The van der Waals surface area contributed by atoms with Gasteiger partial charge in [0, 0.05) is 13.1 Å².